The van der Waals surface area contributed by atoms with Gasteiger partial charge in [0.25, 0.3) is 0 Å². The van der Waals surface area contributed by atoms with E-state index in [-0.39, 0.29) is 0 Å². The van der Waals surface area contributed by atoms with Crippen LogP contribution in [-0.4, -0.2) is 15.8 Å². The Hall–Kier alpha value is -1.12. The molecule has 0 atom stereocenters. The summed E-state index contributed by atoms with van der Waals surface area (Å²) >= 11 is 0. The van der Waals surface area contributed by atoms with Gasteiger partial charge in [0, 0.05) is 32.3 Å². The summed E-state index contributed by atoms with van der Waals surface area (Å²) in [6, 6.07) is 0. The first-order valence-electron chi connectivity index (χ1n) is 4.24. The zero-order valence-corrected chi connectivity index (χ0v) is 7.36. The topological polar surface area (TPSA) is 34.9 Å². The molecule has 1 rings (SSSR count). The fourth-order valence-corrected chi connectivity index (χ4v) is 1.15. The Morgan fingerprint density at radius 2 is 2.42 bits per heavy atom. The zero-order valence-electron chi connectivity index (χ0n) is 7.36. The van der Waals surface area contributed by atoms with Gasteiger partial charge in [0.1, 0.15) is 12.1 Å². The van der Waals surface area contributed by atoms with Crippen molar-refractivity contribution in [3.63, 3.8) is 0 Å². The van der Waals surface area contributed by atoms with Crippen molar-refractivity contribution in [2.75, 3.05) is 0 Å². The summed E-state index contributed by atoms with van der Waals surface area (Å²) in [5, 5.41) is 0. The van der Waals surface area contributed by atoms with Crippen LogP contribution in [0.3, 0.4) is 0 Å². The third-order valence-corrected chi connectivity index (χ3v) is 1.89. The van der Waals surface area contributed by atoms with Crippen molar-refractivity contribution in [1.29, 1.82) is 0 Å². The molecule has 0 aliphatic carbocycles. The standard InChI is InChI=1S/C9H14N2O/c1-11-7-6-10-9(11)5-3-2-4-8-12/h6-8H,2-5H2,1H3. The Bertz CT molecular complexity index is 242. The monoisotopic (exact) mass is 166 g/mol. The van der Waals surface area contributed by atoms with Gasteiger partial charge in [-0.1, -0.05) is 0 Å². The average Bonchev–Trinajstić information content (AvgIpc) is 2.46. The van der Waals surface area contributed by atoms with Crippen molar-refractivity contribution in [1.82, 2.24) is 9.55 Å². The number of hydrogen-bond donors (Lipinski definition) is 0. The maximum Gasteiger partial charge on any atom is 0.119 e. The van der Waals surface area contributed by atoms with E-state index in [4.69, 9.17) is 0 Å². The highest BCUT2D eigenvalue weighted by Gasteiger charge is 1.97. The molecule has 0 aliphatic heterocycles. The smallest absolute Gasteiger partial charge is 0.119 e. The van der Waals surface area contributed by atoms with Crippen LogP contribution < -0.4 is 0 Å². The van der Waals surface area contributed by atoms with Gasteiger partial charge < -0.3 is 9.36 Å². The van der Waals surface area contributed by atoms with E-state index in [0.717, 1.165) is 31.4 Å². The second-order valence-electron chi connectivity index (χ2n) is 2.87. The molecule has 0 amide bonds. The van der Waals surface area contributed by atoms with Gasteiger partial charge in [0.15, 0.2) is 0 Å². The summed E-state index contributed by atoms with van der Waals surface area (Å²) in [6.07, 6.45) is 8.37. The number of carbonyl (C=O) groups is 1. The molecule has 66 valence electrons. The van der Waals surface area contributed by atoms with Crippen LogP contribution >= 0.6 is 0 Å². The highest BCUT2D eigenvalue weighted by Crippen LogP contribution is 2.02. The SMILES string of the molecule is Cn1ccnc1CCCCC=O. The minimum absolute atomic E-state index is 0.671. The lowest BCUT2D eigenvalue weighted by molar-refractivity contribution is -0.107. The van der Waals surface area contributed by atoms with Crippen LogP contribution in [0.15, 0.2) is 12.4 Å². The van der Waals surface area contributed by atoms with E-state index in [9.17, 15) is 4.79 Å². The maximum atomic E-state index is 10.0. The third-order valence-electron chi connectivity index (χ3n) is 1.89. The molecule has 0 spiro atoms. The van der Waals surface area contributed by atoms with Crippen molar-refractivity contribution in [3.8, 4) is 0 Å². The van der Waals surface area contributed by atoms with Gasteiger partial charge in [0.2, 0.25) is 0 Å². The minimum atomic E-state index is 0.671. The van der Waals surface area contributed by atoms with E-state index >= 15 is 0 Å². The van der Waals surface area contributed by atoms with Gasteiger partial charge in [0.05, 0.1) is 0 Å². The number of hydrogen-bond acceptors (Lipinski definition) is 2. The van der Waals surface area contributed by atoms with E-state index < -0.39 is 0 Å². The Balaban J connectivity index is 2.24. The predicted molar refractivity (Wildman–Crippen MR) is 46.8 cm³/mol. The summed E-state index contributed by atoms with van der Waals surface area (Å²) in [4.78, 5) is 14.2. The fraction of sp³-hybridized carbons (Fsp3) is 0.556. The normalized spacial score (nSPS) is 10.1. The first-order chi connectivity index (χ1) is 5.84. The maximum absolute atomic E-state index is 10.0. The Kier molecular flexibility index (Phi) is 3.51. The number of unbranched alkanes of at least 4 members (excludes halogenated alkanes) is 2. The average molecular weight is 166 g/mol. The quantitative estimate of drug-likeness (QED) is 0.488. The van der Waals surface area contributed by atoms with Crippen molar-refractivity contribution >= 4 is 6.29 Å². The lowest BCUT2D eigenvalue weighted by atomic mass is 10.2. The van der Waals surface area contributed by atoms with Crippen LogP contribution in [0.1, 0.15) is 25.1 Å². The van der Waals surface area contributed by atoms with E-state index in [1.807, 2.05) is 17.8 Å². The van der Waals surface area contributed by atoms with Crippen molar-refractivity contribution in [2.45, 2.75) is 25.7 Å². The lowest BCUT2D eigenvalue weighted by Gasteiger charge is -1.99. The molecular weight excluding hydrogens is 152 g/mol. The van der Waals surface area contributed by atoms with E-state index in [1.165, 1.54) is 0 Å². The van der Waals surface area contributed by atoms with Gasteiger partial charge >= 0.3 is 0 Å². The molecule has 3 nitrogen and oxygen atoms in total. The van der Waals surface area contributed by atoms with Gasteiger partial charge in [-0.2, -0.15) is 0 Å². The summed E-state index contributed by atoms with van der Waals surface area (Å²) in [6.45, 7) is 0. The first-order valence-corrected chi connectivity index (χ1v) is 4.24. The molecule has 1 aromatic heterocycles. The number of carbonyl (C=O) groups excluding carboxylic acids is 1. The van der Waals surface area contributed by atoms with E-state index in [2.05, 4.69) is 4.98 Å². The molecule has 0 radical (unpaired) electrons. The molecule has 1 heterocycles. The number of rotatable bonds is 5. The van der Waals surface area contributed by atoms with Crippen LogP contribution in [0, 0.1) is 0 Å². The first kappa shape index (κ1) is 8.97. The molecule has 0 unspecified atom stereocenters. The number of aryl methyl sites for hydroxylation is 2. The Labute approximate surface area is 72.4 Å². The Morgan fingerprint density at radius 3 is 3.00 bits per heavy atom. The molecule has 0 bridgehead atoms. The molecule has 0 fully saturated rings. The summed E-state index contributed by atoms with van der Waals surface area (Å²) < 4.78 is 2.01. The minimum Gasteiger partial charge on any atom is -0.338 e. The van der Waals surface area contributed by atoms with Crippen molar-refractivity contribution < 1.29 is 4.79 Å². The summed E-state index contributed by atoms with van der Waals surface area (Å²) in [7, 11) is 1.99. The highest BCUT2D eigenvalue weighted by molar-refractivity contribution is 5.48. The molecule has 3 heteroatoms. The van der Waals surface area contributed by atoms with E-state index in [0.29, 0.717) is 6.42 Å². The van der Waals surface area contributed by atoms with E-state index in [1.54, 1.807) is 6.20 Å². The van der Waals surface area contributed by atoms with Crippen LogP contribution in [-0.2, 0) is 18.3 Å². The number of aromatic nitrogens is 2. The lowest BCUT2D eigenvalue weighted by Crippen LogP contribution is -1.96. The van der Waals surface area contributed by atoms with Crippen LogP contribution in [0.4, 0.5) is 0 Å². The van der Waals surface area contributed by atoms with Gasteiger partial charge in [-0.15, -0.1) is 0 Å². The molecule has 12 heavy (non-hydrogen) atoms. The molecule has 0 aliphatic rings. The second kappa shape index (κ2) is 4.70. The molecule has 0 N–H and O–H groups in total. The van der Waals surface area contributed by atoms with Gasteiger partial charge in [-0.3, -0.25) is 0 Å². The fourth-order valence-electron chi connectivity index (χ4n) is 1.15. The Morgan fingerprint density at radius 1 is 1.58 bits per heavy atom. The summed E-state index contributed by atoms with van der Waals surface area (Å²) in [5.41, 5.74) is 0. The molecule has 0 saturated carbocycles. The zero-order chi connectivity index (χ0) is 8.81. The highest BCUT2D eigenvalue weighted by atomic mass is 16.1. The van der Waals surface area contributed by atoms with Gasteiger partial charge in [-0.05, 0) is 12.8 Å². The number of nitrogens with zero attached hydrogens (tertiary/aromatic N) is 2. The molecule has 1 aromatic rings. The second-order valence-corrected chi connectivity index (χ2v) is 2.87. The molecule has 0 aromatic carbocycles. The van der Waals surface area contributed by atoms with Crippen molar-refractivity contribution in [2.24, 2.45) is 7.05 Å². The van der Waals surface area contributed by atoms with Gasteiger partial charge in [-0.25, -0.2) is 4.98 Å². The largest absolute Gasteiger partial charge is 0.338 e. The third kappa shape index (κ3) is 2.49. The molecular formula is C9H14N2O. The van der Waals surface area contributed by atoms with Crippen LogP contribution in [0.5, 0.6) is 0 Å². The number of imidazole rings is 1. The number of aldehydes is 1. The van der Waals surface area contributed by atoms with Crippen LogP contribution in [0.25, 0.3) is 0 Å². The molecule has 0 saturated heterocycles. The van der Waals surface area contributed by atoms with Crippen molar-refractivity contribution in [3.05, 3.63) is 18.2 Å². The van der Waals surface area contributed by atoms with Crippen LogP contribution in [0.2, 0.25) is 0 Å². The predicted octanol–water partition coefficient (Wildman–Crippen LogP) is 1.33. The summed E-state index contributed by atoms with van der Waals surface area (Å²) in [5.74, 6) is 1.10.